The molecule has 1 aromatic heterocycles. The molecule has 0 saturated carbocycles. The molecule has 84 valence electrons. The topological polar surface area (TPSA) is 51.0 Å². The van der Waals surface area contributed by atoms with Crippen molar-refractivity contribution in [3.05, 3.63) is 34.1 Å². The highest BCUT2D eigenvalue weighted by molar-refractivity contribution is 9.10. The number of hydrogen-bond acceptors (Lipinski definition) is 4. The molecule has 0 atom stereocenters. The lowest BCUT2D eigenvalue weighted by Gasteiger charge is -2.00. The Morgan fingerprint density at radius 2 is 2.25 bits per heavy atom. The Morgan fingerprint density at radius 1 is 1.44 bits per heavy atom. The van der Waals surface area contributed by atoms with E-state index >= 15 is 0 Å². The molecular formula is C11H12BrN3O. The minimum atomic E-state index is 0.565. The van der Waals surface area contributed by atoms with E-state index in [0.29, 0.717) is 18.3 Å². The van der Waals surface area contributed by atoms with Gasteiger partial charge in [0.05, 0.1) is 6.54 Å². The molecule has 4 nitrogen and oxygen atoms in total. The first-order chi connectivity index (χ1) is 7.70. The lowest BCUT2D eigenvalue weighted by atomic mass is 10.1. The van der Waals surface area contributed by atoms with Crippen LogP contribution >= 0.6 is 15.9 Å². The fraction of sp³-hybridized carbons (Fsp3) is 0.273. The number of aryl methyl sites for hydroxylation is 1. The number of rotatable bonds is 3. The summed E-state index contributed by atoms with van der Waals surface area (Å²) in [5, 5.41) is 6.87. The molecule has 2 rings (SSSR count). The number of halogens is 1. The van der Waals surface area contributed by atoms with Gasteiger partial charge in [-0.15, -0.1) is 0 Å². The van der Waals surface area contributed by atoms with Crippen molar-refractivity contribution in [2.24, 2.45) is 0 Å². The van der Waals surface area contributed by atoms with Crippen LogP contribution in [-0.2, 0) is 6.54 Å². The van der Waals surface area contributed by atoms with E-state index in [0.717, 1.165) is 15.6 Å². The fourth-order valence-corrected chi connectivity index (χ4v) is 1.94. The molecule has 5 heteroatoms. The molecular weight excluding hydrogens is 270 g/mol. The van der Waals surface area contributed by atoms with Crippen molar-refractivity contribution >= 4 is 15.9 Å². The summed E-state index contributed by atoms with van der Waals surface area (Å²) in [6.07, 6.45) is 0. The fourth-order valence-electron chi connectivity index (χ4n) is 1.46. The second-order valence-electron chi connectivity index (χ2n) is 3.51. The van der Waals surface area contributed by atoms with Crippen LogP contribution in [0.25, 0.3) is 11.5 Å². The largest absolute Gasteiger partial charge is 0.334 e. The first-order valence-corrected chi connectivity index (χ1v) is 5.73. The standard InChI is InChI=1S/C11H12BrN3O/c1-7-5-8(12)3-4-9(7)11-14-10(6-13-2)15-16-11/h3-5,13H,6H2,1-2H3. The highest BCUT2D eigenvalue weighted by Crippen LogP contribution is 2.24. The summed E-state index contributed by atoms with van der Waals surface area (Å²) in [5.41, 5.74) is 2.08. The maximum atomic E-state index is 5.21. The monoisotopic (exact) mass is 281 g/mol. The zero-order chi connectivity index (χ0) is 11.5. The van der Waals surface area contributed by atoms with Crippen LogP contribution in [0.3, 0.4) is 0 Å². The van der Waals surface area contributed by atoms with Crippen molar-refractivity contribution in [2.45, 2.75) is 13.5 Å². The van der Waals surface area contributed by atoms with Gasteiger partial charge in [-0.25, -0.2) is 0 Å². The summed E-state index contributed by atoms with van der Waals surface area (Å²) < 4.78 is 6.25. The van der Waals surface area contributed by atoms with Crippen LogP contribution in [0.5, 0.6) is 0 Å². The molecule has 0 unspecified atom stereocenters. The molecule has 1 heterocycles. The van der Waals surface area contributed by atoms with Gasteiger partial charge in [0.25, 0.3) is 5.89 Å². The smallest absolute Gasteiger partial charge is 0.258 e. The van der Waals surface area contributed by atoms with Gasteiger partial charge in [0, 0.05) is 10.0 Å². The average molecular weight is 282 g/mol. The molecule has 0 aliphatic heterocycles. The zero-order valence-electron chi connectivity index (χ0n) is 9.12. The molecule has 0 amide bonds. The van der Waals surface area contributed by atoms with E-state index in [1.807, 2.05) is 32.2 Å². The molecule has 1 N–H and O–H groups in total. The molecule has 0 aliphatic carbocycles. The second-order valence-corrected chi connectivity index (χ2v) is 4.42. The highest BCUT2D eigenvalue weighted by Gasteiger charge is 2.10. The third-order valence-electron chi connectivity index (χ3n) is 2.22. The van der Waals surface area contributed by atoms with Gasteiger partial charge in [0.1, 0.15) is 0 Å². The average Bonchev–Trinajstić information content (AvgIpc) is 2.67. The van der Waals surface area contributed by atoms with Crippen LogP contribution in [0.15, 0.2) is 27.2 Å². The van der Waals surface area contributed by atoms with Gasteiger partial charge in [-0.05, 0) is 37.7 Å². The lowest BCUT2D eigenvalue weighted by Crippen LogP contribution is -2.06. The van der Waals surface area contributed by atoms with Crippen molar-refractivity contribution in [1.29, 1.82) is 0 Å². The van der Waals surface area contributed by atoms with Gasteiger partial charge in [0.15, 0.2) is 5.82 Å². The van der Waals surface area contributed by atoms with Crippen LogP contribution < -0.4 is 5.32 Å². The molecule has 16 heavy (non-hydrogen) atoms. The quantitative estimate of drug-likeness (QED) is 0.939. The second kappa shape index (κ2) is 4.76. The van der Waals surface area contributed by atoms with E-state index in [2.05, 4.69) is 31.4 Å². The van der Waals surface area contributed by atoms with Gasteiger partial charge in [-0.3, -0.25) is 0 Å². The molecule has 0 saturated heterocycles. The third kappa shape index (κ3) is 2.31. The summed E-state index contributed by atoms with van der Waals surface area (Å²) in [5.74, 6) is 1.23. The molecule has 0 bridgehead atoms. The van der Waals surface area contributed by atoms with Gasteiger partial charge < -0.3 is 9.84 Å². The number of nitrogens with one attached hydrogen (secondary N) is 1. The van der Waals surface area contributed by atoms with Crippen molar-refractivity contribution in [3.8, 4) is 11.5 Å². The Hall–Kier alpha value is -1.20. The first kappa shape index (κ1) is 11.3. The normalized spacial score (nSPS) is 10.7. The minimum Gasteiger partial charge on any atom is -0.334 e. The van der Waals surface area contributed by atoms with Gasteiger partial charge in [-0.1, -0.05) is 21.1 Å². The Labute approximate surface area is 102 Å². The van der Waals surface area contributed by atoms with Crippen molar-refractivity contribution in [3.63, 3.8) is 0 Å². The summed E-state index contributed by atoms with van der Waals surface area (Å²) in [4.78, 5) is 4.31. The van der Waals surface area contributed by atoms with Crippen LogP contribution in [-0.4, -0.2) is 17.2 Å². The SMILES string of the molecule is CNCc1noc(-c2ccc(Br)cc2C)n1. The van der Waals surface area contributed by atoms with E-state index in [1.165, 1.54) is 0 Å². The van der Waals surface area contributed by atoms with Crippen LogP contribution in [0, 0.1) is 6.92 Å². The molecule has 0 radical (unpaired) electrons. The van der Waals surface area contributed by atoms with E-state index in [1.54, 1.807) is 0 Å². The van der Waals surface area contributed by atoms with Crippen molar-refractivity contribution in [2.75, 3.05) is 7.05 Å². The van der Waals surface area contributed by atoms with Crippen LogP contribution in [0.4, 0.5) is 0 Å². The summed E-state index contributed by atoms with van der Waals surface area (Å²) in [7, 11) is 1.85. The molecule has 2 aromatic rings. The van der Waals surface area contributed by atoms with Crippen molar-refractivity contribution < 1.29 is 4.52 Å². The van der Waals surface area contributed by atoms with E-state index in [9.17, 15) is 0 Å². The predicted octanol–water partition coefficient (Wildman–Crippen LogP) is 2.53. The first-order valence-electron chi connectivity index (χ1n) is 4.94. The van der Waals surface area contributed by atoms with Gasteiger partial charge in [-0.2, -0.15) is 4.98 Å². The van der Waals surface area contributed by atoms with Gasteiger partial charge in [0.2, 0.25) is 0 Å². The molecule has 0 fully saturated rings. The Kier molecular flexibility index (Phi) is 3.36. The van der Waals surface area contributed by atoms with Crippen molar-refractivity contribution in [1.82, 2.24) is 15.5 Å². The van der Waals surface area contributed by atoms with E-state index < -0.39 is 0 Å². The Bertz CT molecular complexity index is 496. The number of hydrogen-bond donors (Lipinski definition) is 1. The Balaban J connectivity index is 2.35. The minimum absolute atomic E-state index is 0.565. The lowest BCUT2D eigenvalue weighted by molar-refractivity contribution is 0.420. The molecule has 0 aliphatic rings. The Morgan fingerprint density at radius 3 is 2.94 bits per heavy atom. The summed E-state index contributed by atoms with van der Waals surface area (Å²) in [6.45, 7) is 2.63. The number of aromatic nitrogens is 2. The van der Waals surface area contributed by atoms with Crippen LogP contribution in [0.2, 0.25) is 0 Å². The maximum Gasteiger partial charge on any atom is 0.258 e. The maximum absolute atomic E-state index is 5.21. The highest BCUT2D eigenvalue weighted by atomic mass is 79.9. The molecule has 1 aromatic carbocycles. The summed E-state index contributed by atoms with van der Waals surface area (Å²) in [6, 6.07) is 5.96. The summed E-state index contributed by atoms with van der Waals surface area (Å²) >= 11 is 3.42. The van der Waals surface area contributed by atoms with Crippen LogP contribution in [0.1, 0.15) is 11.4 Å². The van der Waals surface area contributed by atoms with Gasteiger partial charge >= 0.3 is 0 Å². The predicted molar refractivity (Wildman–Crippen MR) is 64.9 cm³/mol. The van der Waals surface area contributed by atoms with E-state index in [-0.39, 0.29) is 0 Å². The van der Waals surface area contributed by atoms with E-state index in [4.69, 9.17) is 4.52 Å². The number of benzene rings is 1. The molecule has 0 spiro atoms. The number of nitrogens with zero attached hydrogens (tertiary/aromatic N) is 2. The third-order valence-corrected chi connectivity index (χ3v) is 2.72. The zero-order valence-corrected chi connectivity index (χ0v) is 10.7.